The molecule has 2 fully saturated rings. The van der Waals surface area contributed by atoms with Gasteiger partial charge in [-0.1, -0.05) is 6.92 Å². The highest BCUT2D eigenvalue weighted by Crippen LogP contribution is 2.36. The lowest BCUT2D eigenvalue weighted by molar-refractivity contribution is -0.0580. The smallest absolute Gasteiger partial charge is 0.255 e. The number of fused-ring (bicyclic) bond motifs is 1. The van der Waals surface area contributed by atoms with E-state index in [4.69, 9.17) is 13.9 Å². The summed E-state index contributed by atoms with van der Waals surface area (Å²) in [5.74, 6) is -0.298. The van der Waals surface area contributed by atoms with E-state index < -0.39 is 15.8 Å². The first-order valence-electron chi connectivity index (χ1n) is 14.5. The Bertz CT molecular complexity index is 1580. The summed E-state index contributed by atoms with van der Waals surface area (Å²) in [6.07, 6.45) is 1.39. The molecule has 2 unspecified atom stereocenters. The Balaban J connectivity index is 1.37. The topological polar surface area (TPSA) is 121 Å². The number of halogens is 1. The van der Waals surface area contributed by atoms with Crippen LogP contribution in [0.4, 0.5) is 10.2 Å². The van der Waals surface area contributed by atoms with Crippen LogP contribution < -0.4 is 9.62 Å². The highest BCUT2D eigenvalue weighted by atomic mass is 32.2. The monoisotopic (exact) mass is 617 g/mol. The second kappa shape index (κ2) is 12.1. The molecule has 1 amide bonds. The second-order valence-corrected chi connectivity index (χ2v) is 13.8. The normalized spacial score (nSPS) is 20.0. The van der Waals surface area contributed by atoms with E-state index in [9.17, 15) is 17.6 Å². The van der Waals surface area contributed by atoms with Gasteiger partial charge in [-0.05, 0) is 63.1 Å². The number of piperazine rings is 1. The highest BCUT2D eigenvalue weighted by Gasteiger charge is 2.47. The summed E-state index contributed by atoms with van der Waals surface area (Å²) < 4.78 is 58.8. The zero-order valence-corrected chi connectivity index (χ0v) is 26.3. The van der Waals surface area contributed by atoms with Crippen LogP contribution in [-0.2, 0) is 25.9 Å². The van der Waals surface area contributed by atoms with Crippen molar-refractivity contribution >= 4 is 32.8 Å². The largest absolute Gasteiger partial charge is 0.437 e. The number of rotatable bonds is 10. The van der Waals surface area contributed by atoms with Crippen LogP contribution in [0, 0.1) is 5.82 Å². The maximum Gasteiger partial charge on any atom is 0.255 e. The van der Waals surface area contributed by atoms with Gasteiger partial charge in [-0.25, -0.2) is 12.8 Å². The number of ether oxygens (including phenoxy) is 2. The molecule has 0 aliphatic carbocycles. The molecule has 4 heterocycles. The number of anilines is 1. The first-order chi connectivity index (χ1) is 20.3. The van der Waals surface area contributed by atoms with E-state index in [2.05, 4.69) is 20.1 Å². The van der Waals surface area contributed by atoms with Gasteiger partial charge in [0.05, 0.1) is 22.8 Å². The molecule has 0 spiro atoms. The number of epoxide rings is 1. The number of benzene rings is 1. The number of pyridine rings is 1. The number of amides is 1. The fourth-order valence-electron chi connectivity index (χ4n) is 5.37. The van der Waals surface area contributed by atoms with E-state index in [1.807, 2.05) is 27.7 Å². The number of sulfonamides is 1. The van der Waals surface area contributed by atoms with Gasteiger partial charge in [-0.3, -0.25) is 18.9 Å². The summed E-state index contributed by atoms with van der Waals surface area (Å²) in [4.78, 5) is 22.1. The van der Waals surface area contributed by atoms with E-state index in [-0.39, 0.29) is 53.4 Å². The third kappa shape index (κ3) is 7.01. The van der Waals surface area contributed by atoms with Gasteiger partial charge < -0.3 is 19.2 Å². The third-order valence-corrected chi connectivity index (χ3v) is 8.76. The fourth-order valence-corrected chi connectivity index (χ4v) is 6.26. The SMILES string of the molecule is CCc1cc2c(C(=O)NC)c(-c3ccc(F)cc3)oc2nc1N(CCN1CCN(C2OC2OC(C)(C)C)CC1)S(C)(=O)=O. The molecule has 3 aromatic rings. The Morgan fingerprint density at radius 1 is 1.19 bits per heavy atom. The molecule has 2 aromatic heterocycles. The molecule has 0 bridgehead atoms. The van der Waals surface area contributed by atoms with Crippen molar-refractivity contribution in [3.63, 3.8) is 0 Å². The summed E-state index contributed by atoms with van der Waals surface area (Å²) >= 11 is 0. The number of aromatic nitrogens is 1. The van der Waals surface area contributed by atoms with E-state index in [1.54, 1.807) is 6.07 Å². The predicted octanol–water partition coefficient (Wildman–Crippen LogP) is 3.44. The van der Waals surface area contributed by atoms with Gasteiger partial charge in [0, 0.05) is 51.9 Å². The number of nitrogens with one attached hydrogen (secondary N) is 1. The molecule has 13 heteroatoms. The number of nitrogens with zero attached hydrogens (tertiary/aromatic N) is 4. The number of carbonyl (C=O) groups excluding carboxylic acids is 1. The number of furan rings is 1. The second-order valence-electron chi connectivity index (χ2n) is 11.9. The standard InChI is InChI=1S/C30H40FN5O6S/c1-7-19-18-22-23(26(37)32-5)24(20-8-10-21(31)11-9-20)40-27(22)33-25(19)36(43(6,38)39)17-14-34-12-15-35(16-13-34)28-29(41-28)42-30(2,3)4/h8-11,18,28-29H,7,12-17H2,1-6H3,(H,32,37). The lowest BCUT2D eigenvalue weighted by atomic mass is 10.0. The number of hydrogen-bond donors (Lipinski definition) is 1. The van der Waals surface area contributed by atoms with Gasteiger partial charge in [-0.2, -0.15) is 4.98 Å². The molecule has 43 heavy (non-hydrogen) atoms. The molecule has 5 rings (SSSR count). The molecule has 2 saturated heterocycles. The molecule has 11 nitrogen and oxygen atoms in total. The average molecular weight is 618 g/mol. The van der Waals surface area contributed by atoms with Crippen molar-refractivity contribution in [2.45, 2.75) is 52.2 Å². The van der Waals surface area contributed by atoms with Crippen LogP contribution in [0.5, 0.6) is 0 Å². The van der Waals surface area contributed by atoms with Crippen molar-refractivity contribution in [3.8, 4) is 11.3 Å². The molecular weight excluding hydrogens is 577 g/mol. The van der Waals surface area contributed by atoms with Crippen molar-refractivity contribution in [2.75, 3.05) is 56.9 Å². The minimum Gasteiger partial charge on any atom is -0.437 e. The van der Waals surface area contributed by atoms with Gasteiger partial charge in [-0.15, -0.1) is 0 Å². The Morgan fingerprint density at radius 3 is 2.44 bits per heavy atom. The minimum absolute atomic E-state index is 0.0373. The van der Waals surface area contributed by atoms with Gasteiger partial charge in [0.1, 0.15) is 17.4 Å². The average Bonchev–Trinajstić information content (AvgIpc) is 3.59. The lowest BCUT2D eigenvalue weighted by Gasteiger charge is -2.35. The summed E-state index contributed by atoms with van der Waals surface area (Å²) in [6, 6.07) is 7.38. The third-order valence-electron chi connectivity index (χ3n) is 7.60. The molecule has 0 saturated carbocycles. The molecule has 2 atom stereocenters. The molecule has 2 aliphatic heterocycles. The predicted molar refractivity (Wildman–Crippen MR) is 162 cm³/mol. The molecule has 2 aliphatic rings. The zero-order chi connectivity index (χ0) is 31.1. The van der Waals surface area contributed by atoms with Crippen LogP contribution in [0.2, 0.25) is 0 Å². The summed E-state index contributed by atoms with van der Waals surface area (Å²) in [5.41, 5.74) is 1.28. The van der Waals surface area contributed by atoms with Crippen LogP contribution in [0.15, 0.2) is 34.7 Å². The van der Waals surface area contributed by atoms with Crippen LogP contribution in [0.1, 0.15) is 43.6 Å². The summed E-state index contributed by atoms with van der Waals surface area (Å²) in [7, 11) is -2.19. The van der Waals surface area contributed by atoms with Crippen molar-refractivity contribution in [2.24, 2.45) is 0 Å². The Morgan fingerprint density at radius 2 is 1.86 bits per heavy atom. The quantitative estimate of drug-likeness (QED) is 0.341. The maximum atomic E-state index is 13.6. The van der Waals surface area contributed by atoms with Crippen molar-refractivity contribution in [3.05, 3.63) is 47.3 Å². The van der Waals surface area contributed by atoms with Crippen LogP contribution in [-0.4, -0.2) is 99.8 Å². The van der Waals surface area contributed by atoms with Crippen LogP contribution in [0.25, 0.3) is 22.4 Å². The zero-order valence-electron chi connectivity index (χ0n) is 25.5. The maximum absolute atomic E-state index is 13.6. The highest BCUT2D eigenvalue weighted by molar-refractivity contribution is 7.92. The van der Waals surface area contributed by atoms with E-state index >= 15 is 0 Å². The Hall–Kier alpha value is -3.10. The van der Waals surface area contributed by atoms with Gasteiger partial charge in [0.25, 0.3) is 5.91 Å². The van der Waals surface area contributed by atoms with Gasteiger partial charge >= 0.3 is 0 Å². The number of hydrogen-bond acceptors (Lipinski definition) is 9. The van der Waals surface area contributed by atoms with Crippen molar-refractivity contribution < 1.29 is 31.5 Å². The summed E-state index contributed by atoms with van der Waals surface area (Å²) in [5, 5.41) is 3.09. The van der Waals surface area contributed by atoms with Crippen LogP contribution >= 0.6 is 0 Å². The number of carbonyl (C=O) groups is 1. The van der Waals surface area contributed by atoms with Crippen molar-refractivity contribution in [1.29, 1.82) is 0 Å². The molecule has 1 N–H and O–H groups in total. The first-order valence-corrected chi connectivity index (χ1v) is 16.4. The van der Waals surface area contributed by atoms with Gasteiger partial charge in [0.2, 0.25) is 15.7 Å². The molecular formula is C30H40FN5O6S. The van der Waals surface area contributed by atoms with Gasteiger partial charge in [0.15, 0.2) is 12.5 Å². The number of aryl methyl sites for hydroxylation is 1. The van der Waals surface area contributed by atoms with Crippen LogP contribution in [0.3, 0.4) is 0 Å². The summed E-state index contributed by atoms with van der Waals surface area (Å²) in [6.45, 7) is 11.7. The Labute approximate surface area is 252 Å². The molecule has 0 radical (unpaired) electrons. The molecule has 234 valence electrons. The van der Waals surface area contributed by atoms with Crippen molar-refractivity contribution in [1.82, 2.24) is 20.1 Å². The Kier molecular flexibility index (Phi) is 8.83. The van der Waals surface area contributed by atoms with E-state index in [0.29, 0.717) is 29.5 Å². The first kappa shape index (κ1) is 31.3. The van der Waals surface area contributed by atoms with E-state index in [1.165, 1.54) is 35.6 Å². The minimum atomic E-state index is -3.71. The fraction of sp³-hybridized carbons (Fsp3) is 0.533. The van der Waals surface area contributed by atoms with E-state index in [0.717, 1.165) is 32.4 Å². The lowest BCUT2D eigenvalue weighted by Crippen LogP contribution is -2.50. The molecule has 1 aromatic carbocycles.